The molecule has 6 nitrogen and oxygen atoms in total. The third kappa shape index (κ3) is 4.70. The molecule has 26 heavy (non-hydrogen) atoms. The Labute approximate surface area is 164 Å². The van der Waals surface area contributed by atoms with Crippen molar-refractivity contribution in [2.45, 2.75) is 18.6 Å². The molecular formula is C17H22Cl2N2O4S. The highest BCUT2D eigenvalue weighted by atomic mass is 35.5. The van der Waals surface area contributed by atoms with E-state index in [0.717, 1.165) is 6.42 Å². The van der Waals surface area contributed by atoms with Gasteiger partial charge in [-0.3, -0.25) is 4.79 Å². The molecule has 0 bridgehead atoms. The summed E-state index contributed by atoms with van der Waals surface area (Å²) in [6.45, 7) is 2.91. The molecule has 2 aliphatic rings. The van der Waals surface area contributed by atoms with E-state index in [1.165, 1.54) is 4.31 Å². The number of rotatable bonds is 4. The van der Waals surface area contributed by atoms with E-state index in [4.69, 9.17) is 27.9 Å². The number of halogens is 2. The fourth-order valence-electron chi connectivity index (χ4n) is 3.37. The molecule has 1 amide bonds. The molecule has 1 aromatic rings. The monoisotopic (exact) mass is 420 g/mol. The maximum absolute atomic E-state index is 12.8. The van der Waals surface area contributed by atoms with Crippen LogP contribution in [-0.4, -0.2) is 62.9 Å². The lowest BCUT2D eigenvalue weighted by Crippen LogP contribution is -2.49. The molecule has 144 valence electrons. The van der Waals surface area contributed by atoms with E-state index in [0.29, 0.717) is 54.9 Å². The summed E-state index contributed by atoms with van der Waals surface area (Å²) in [5, 5.41) is 0.723. The molecule has 0 saturated carbocycles. The third-order valence-corrected chi connectivity index (χ3v) is 7.34. The molecule has 2 aliphatic heterocycles. The summed E-state index contributed by atoms with van der Waals surface area (Å²) in [5.41, 5.74) is 0.584. The van der Waals surface area contributed by atoms with Crippen LogP contribution in [0.4, 0.5) is 0 Å². The van der Waals surface area contributed by atoms with Gasteiger partial charge in [0.05, 0.1) is 34.9 Å². The largest absolute Gasteiger partial charge is 0.378 e. The van der Waals surface area contributed by atoms with Crippen LogP contribution in [0.2, 0.25) is 10.0 Å². The molecule has 0 spiro atoms. The minimum atomic E-state index is -3.53. The molecule has 1 unspecified atom stereocenters. The summed E-state index contributed by atoms with van der Waals surface area (Å²) in [7, 11) is -3.53. The van der Waals surface area contributed by atoms with Gasteiger partial charge in [-0.15, -0.1) is 0 Å². The summed E-state index contributed by atoms with van der Waals surface area (Å²) >= 11 is 11.9. The lowest BCUT2D eigenvalue weighted by molar-refractivity contribution is -0.140. The summed E-state index contributed by atoms with van der Waals surface area (Å²) in [6.07, 6.45) is 1.40. The Kier molecular flexibility index (Phi) is 6.45. The zero-order chi connectivity index (χ0) is 18.7. The lowest BCUT2D eigenvalue weighted by atomic mass is 9.98. The minimum Gasteiger partial charge on any atom is -0.378 e. The fourth-order valence-corrected chi connectivity index (χ4v) is 5.29. The van der Waals surface area contributed by atoms with Crippen molar-refractivity contribution in [3.8, 4) is 0 Å². The van der Waals surface area contributed by atoms with Crippen LogP contribution >= 0.6 is 23.2 Å². The van der Waals surface area contributed by atoms with Crippen LogP contribution < -0.4 is 0 Å². The number of amides is 1. The standard InChI is InChI=1S/C17H22Cl2N2O4S/c18-15-4-3-13(10-16(15)19)12-26(23,24)21-5-1-2-14(11-21)17(22)20-6-8-25-9-7-20/h3-4,10,14H,1-2,5-9,11-12H2. The highest BCUT2D eigenvalue weighted by Crippen LogP contribution is 2.26. The smallest absolute Gasteiger partial charge is 0.227 e. The van der Waals surface area contributed by atoms with Gasteiger partial charge < -0.3 is 9.64 Å². The molecule has 2 fully saturated rings. The van der Waals surface area contributed by atoms with Crippen molar-refractivity contribution < 1.29 is 17.9 Å². The van der Waals surface area contributed by atoms with Crippen LogP contribution in [0.1, 0.15) is 18.4 Å². The summed E-state index contributed by atoms with van der Waals surface area (Å²) in [6, 6.07) is 4.82. The molecule has 1 atom stereocenters. The van der Waals surface area contributed by atoms with Gasteiger partial charge in [0, 0.05) is 26.2 Å². The van der Waals surface area contributed by atoms with Crippen molar-refractivity contribution >= 4 is 39.1 Å². The molecule has 3 rings (SSSR count). The van der Waals surface area contributed by atoms with Crippen LogP contribution in [0.3, 0.4) is 0 Å². The molecule has 0 aromatic heterocycles. The van der Waals surface area contributed by atoms with E-state index in [1.807, 2.05) is 0 Å². The highest BCUT2D eigenvalue weighted by molar-refractivity contribution is 7.88. The number of ether oxygens (including phenoxy) is 1. The van der Waals surface area contributed by atoms with E-state index < -0.39 is 10.0 Å². The van der Waals surface area contributed by atoms with Crippen molar-refractivity contribution in [3.05, 3.63) is 33.8 Å². The lowest BCUT2D eigenvalue weighted by Gasteiger charge is -2.35. The van der Waals surface area contributed by atoms with Crippen molar-refractivity contribution in [2.24, 2.45) is 5.92 Å². The molecule has 2 saturated heterocycles. The van der Waals surface area contributed by atoms with Gasteiger partial charge in [0.1, 0.15) is 0 Å². The van der Waals surface area contributed by atoms with Crippen molar-refractivity contribution in [3.63, 3.8) is 0 Å². The van der Waals surface area contributed by atoms with E-state index in [9.17, 15) is 13.2 Å². The zero-order valence-electron chi connectivity index (χ0n) is 14.4. The molecule has 0 radical (unpaired) electrons. The van der Waals surface area contributed by atoms with E-state index in [2.05, 4.69) is 0 Å². The number of sulfonamides is 1. The second-order valence-electron chi connectivity index (χ2n) is 6.64. The van der Waals surface area contributed by atoms with Gasteiger partial charge in [0.25, 0.3) is 0 Å². The van der Waals surface area contributed by atoms with E-state index in [1.54, 1.807) is 23.1 Å². The van der Waals surface area contributed by atoms with E-state index >= 15 is 0 Å². The first-order valence-corrected chi connectivity index (χ1v) is 11.0. The zero-order valence-corrected chi connectivity index (χ0v) is 16.7. The molecule has 2 heterocycles. The number of hydrogen-bond acceptors (Lipinski definition) is 4. The van der Waals surface area contributed by atoms with Gasteiger partial charge in [-0.05, 0) is 30.5 Å². The predicted molar refractivity (Wildman–Crippen MR) is 101 cm³/mol. The number of hydrogen-bond donors (Lipinski definition) is 0. The number of nitrogens with zero attached hydrogens (tertiary/aromatic N) is 2. The van der Waals surface area contributed by atoms with Crippen molar-refractivity contribution in [1.82, 2.24) is 9.21 Å². The maximum Gasteiger partial charge on any atom is 0.227 e. The summed E-state index contributed by atoms with van der Waals surface area (Å²) in [5.74, 6) is -0.407. The second kappa shape index (κ2) is 8.44. The van der Waals surface area contributed by atoms with Crippen LogP contribution in [-0.2, 0) is 25.3 Å². The molecule has 1 aromatic carbocycles. The minimum absolute atomic E-state index is 0.0303. The predicted octanol–water partition coefficient (Wildman–Crippen LogP) is 2.39. The Morgan fingerprint density at radius 3 is 2.58 bits per heavy atom. The van der Waals surface area contributed by atoms with Gasteiger partial charge in [0.2, 0.25) is 15.9 Å². The van der Waals surface area contributed by atoms with Crippen LogP contribution in [0, 0.1) is 5.92 Å². The average Bonchev–Trinajstić information content (AvgIpc) is 2.65. The summed E-state index contributed by atoms with van der Waals surface area (Å²) in [4.78, 5) is 14.5. The third-order valence-electron chi connectivity index (χ3n) is 4.78. The van der Waals surface area contributed by atoms with Gasteiger partial charge in [-0.2, -0.15) is 0 Å². The van der Waals surface area contributed by atoms with Gasteiger partial charge in [-0.25, -0.2) is 12.7 Å². The Morgan fingerprint density at radius 1 is 1.15 bits per heavy atom. The first kappa shape index (κ1) is 19.9. The second-order valence-corrected chi connectivity index (χ2v) is 9.42. The number of carbonyl (C=O) groups excluding carboxylic acids is 1. The van der Waals surface area contributed by atoms with Gasteiger partial charge in [0.15, 0.2) is 0 Å². The maximum atomic E-state index is 12.8. The highest BCUT2D eigenvalue weighted by Gasteiger charge is 2.34. The summed E-state index contributed by atoms with van der Waals surface area (Å²) < 4.78 is 32.3. The normalized spacial score (nSPS) is 22.4. The fraction of sp³-hybridized carbons (Fsp3) is 0.588. The molecule has 9 heteroatoms. The number of morpholine rings is 1. The van der Waals surface area contributed by atoms with Crippen LogP contribution in [0.25, 0.3) is 0 Å². The van der Waals surface area contributed by atoms with Gasteiger partial charge >= 0.3 is 0 Å². The molecule has 0 aliphatic carbocycles. The van der Waals surface area contributed by atoms with E-state index in [-0.39, 0.29) is 24.1 Å². The average molecular weight is 421 g/mol. The number of piperidine rings is 1. The van der Waals surface area contributed by atoms with Crippen molar-refractivity contribution in [1.29, 1.82) is 0 Å². The van der Waals surface area contributed by atoms with Crippen LogP contribution in [0.5, 0.6) is 0 Å². The Balaban J connectivity index is 1.67. The quantitative estimate of drug-likeness (QED) is 0.749. The Morgan fingerprint density at radius 2 is 1.88 bits per heavy atom. The Bertz CT molecular complexity index is 766. The molecular weight excluding hydrogens is 399 g/mol. The topological polar surface area (TPSA) is 66.9 Å². The number of benzene rings is 1. The first-order chi connectivity index (χ1) is 12.4. The van der Waals surface area contributed by atoms with Crippen molar-refractivity contribution in [2.75, 3.05) is 39.4 Å². The molecule has 0 N–H and O–H groups in total. The Hall–Kier alpha value is -0.860. The van der Waals surface area contributed by atoms with Gasteiger partial charge in [-0.1, -0.05) is 29.3 Å². The SMILES string of the molecule is O=C(C1CCCN(S(=O)(=O)Cc2ccc(Cl)c(Cl)c2)C1)N1CCOCC1. The van der Waals surface area contributed by atoms with Crippen LogP contribution in [0.15, 0.2) is 18.2 Å². The first-order valence-electron chi connectivity index (χ1n) is 8.65. The number of carbonyl (C=O) groups is 1.